The van der Waals surface area contributed by atoms with Gasteiger partial charge in [0.05, 0.1) is 0 Å². The normalized spacial score (nSPS) is 16.1. The first kappa shape index (κ1) is 41.6. The molecule has 0 atom stereocenters. The predicted octanol–water partition coefficient (Wildman–Crippen LogP) is 8.21. The first-order valence-electron chi connectivity index (χ1n) is 21.7. The fourth-order valence-corrected chi connectivity index (χ4v) is 8.99. The maximum atomic E-state index is 13.0. The summed E-state index contributed by atoms with van der Waals surface area (Å²) in [6.07, 6.45) is 6.28. The van der Waals surface area contributed by atoms with Crippen molar-refractivity contribution in [3.05, 3.63) is 113 Å². The monoisotopic (exact) mass is 822 g/mol. The van der Waals surface area contributed by atoms with Gasteiger partial charge in [0.15, 0.2) is 0 Å². The van der Waals surface area contributed by atoms with Crippen LogP contribution >= 0.6 is 0 Å². The average Bonchev–Trinajstić information content (AvgIpc) is 3.52. The molecule has 12 nitrogen and oxygen atoms in total. The summed E-state index contributed by atoms with van der Waals surface area (Å²) in [6.45, 7) is 13.0. The third-order valence-electron chi connectivity index (χ3n) is 12.5. The predicted molar refractivity (Wildman–Crippen MR) is 242 cm³/mol. The minimum atomic E-state index is -0.517. The van der Waals surface area contributed by atoms with Crippen molar-refractivity contribution in [1.82, 2.24) is 20.0 Å². The Morgan fingerprint density at radius 3 is 2.21 bits per heavy atom. The van der Waals surface area contributed by atoms with Gasteiger partial charge in [-0.1, -0.05) is 45.0 Å². The van der Waals surface area contributed by atoms with Crippen molar-refractivity contribution < 1.29 is 19.1 Å². The topological polar surface area (TPSA) is 147 Å². The second-order valence-corrected chi connectivity index (χ2v) is 17.8. The molecule has 2 saturated heterocycles. The van der Waals surface area contributed by atoms with Crippen molar-refractivity contribution in [3.8, 4) is 22.8 Å². The molecule has 318 valence electrons. The number of anilines is 4. The quantitative estimate of drug-likeness (QED) is 0.0687. The van der Waals surface area contributed by atoms with E-state index in [1.807, 2.05) is 53.2 Å². The molecule has 3 aliphatic rings. The Labute approximate surface area is 358 Å². The van der Waals surface area contributed by atoms with Crippen LogP contribution in [0.1, 0.15) is 85.8 Å². The Kier molecular flexibility index (Phi) is 12.4. The summed E-state index contributed by atoms with van der Waals surface area (Å²) in [7, 11) is 0. The number of hydrogen-bond donors (Lipinski definition) is 4. The summed E-state index contributed by atoms with van der Waals surface area (Å²) < 4.78 is 8.01. The molecule has 5 aromatic rings. The lowest BCUT2D eigenvalue weighted by Gasteiger charge is -2.38. The van der Waals surface area contributed by atoms with E-state index in [2.05, 4.69) is 89.0 Å². The second-order valence-electron chi connectivity index (χ2n) is 17.8. The van der Waals surface area contributed by atoms with Gasteiger partial charge < -0.3 is 36.2 Å². The standard InChI is InChI=1S/C49H58N8O4/c1-49(2,3)38-7-15-42(16-8-38)61-41-13-4-35(5-14-41)46-45(47(50)60)48-53-43-17-6-36(30-37(43)23-29-57(48)54-46)34-21-25-55(26-22-34)31-33-19-27-56(28-20-33)40-11-9-39(10-12-40)52-44(59)18-24-51-32-58/h4-17,30,32-34,53H,18-29,31H2,1-3H3,(H2,50,60)(H,51,58)(H,52,59). The Morgan fingerprint density at radius 1 is 0.869 bits per heavy atom. The lowest BCUT2D eigenvalue weighted by atomic mass is 9.87. The lowest BCUT2D eigenvalue weighted by Crippen LogP contribution is -2.41. The minimum Gasteiger partial charge on any atom is -0.457 e. The summed E-state index contributed by atoms with van der Waals surface area (Å²) in [4.78, 5) is 40.6. The third kappa shape index (κ3) is 9.92. The van der Waals surface area contributed by atoms with Crippen LogP contribution in [0.4, 0.5) is 22.9 Å². The molecule has 0 radical (unpaired) electrons. The van der Waals surface area contributed by atoms with Crippen molar-refractivity contribution >= 4 is 41.1 Å². The number of amides is 3. The van der Waals surface area contributed by atoms with Gasteiger partial charge in [-0.3, -0.25) is 14.4 Å². The number of ether oxygens (including phenoxy) is 1. The zero-order valence-electron chi connectivity index (χ0n) is 35.6. The average molecular weight is 823 g/mol. The number of aryl methyl sites for hydroxylation is 2. The number of likely N-dealkylation sites (tertiary alicyclic amines) is 1. The molecule has 0 spiro atoms. The van der Waals surface area contributed by atoms with E-state index in [1.54, 1.807) is 0 Å². The lowest BCUT2D eigenvalue weighted by molar-refractivity contribution is -0.116. The molecule has 61 heavy (non-hydrogen) atoms. The second kappa shape index (κ2) is 18.2. The number of hydrogen-bond acceptors (Lipinski definition) is 8. The molecular weight excluding hydrogens is 765 g/mol. The fourth-order valence-electron chi connectivity index (χ4n) is 8.99. The Hall–Kier alpha value is -6.14. The number of nitrogens with two attached hydrogens (primary N) is 1. The summed E-state index contributed by atoms with van der Waals surface area (Å²) in [5, 5.41) is 13.9. The van der Waals surface area contributed by atoms with E-state index in [9.17, 15) is 14.4 Å². The first-order valence-corrected chi connectivity index (χ1v) is 21.7. The van der Waals surface area contributed by atoms with E-state index in [1.165, 1.54) is 35.2 Å². The molecule has 0 bridgehead atoms. The Bertz CT molecular complexity index is 2320. The summed E-state index contributed by atoms with van der Waals surface area (Å²) in [5.41, 5.74) is 14.7. The summed E-state index contributed by atoms with van der Waals surface area (Å²) >= 11 is 0. The van der Waals surface area contributed by atoms with E-state index in [0.29, 0.717) is 54.2 Å². The van der Waals surface area contributed by atoms with Crippen LogP contribution < -0.4 is 31.3 Å². The molecule has 3 aliphatic heterocycles. The highest BCUT2D eigenvalue weighted by Gasteiger charge is 2.29. The molecule has 2 fully saturated rings. The summed E-state index contributed by atoms with van der Waals surface area (Å²) in [5.74, 6) is 2.68. The molecule has 0 aliphatic carbocycles. The van der Waals surface area contributed by atoms with Crippen LogP contribution in [-0.4, -0.2) is 72.2 Å². The fraction of sp³-hybridized carbons (Fsp3) is 0.388. The highest BCUT2D eigenvalue weighted by Crippen LogP contribution is 2.38. The van der Waals surface area contributed by atoms with Gasteiger partial charge >= 0.3 is 0 Å². The largest absolute Gasteiger partial charge is 0.457 e. The van der Waals surface area contributed by atoms with Crippen molar-refractivity contribution in [2.24, 2.45) is 11.7 Å². The van der Waals surface area contributed by atoms with Crippen LogP contribution in [-0.2, 0) is 28.0 Å². The van der Waals surface area contributed by atoms with E-state index in [4.69, 9.17) is 15.6 Å². The van der Waals surface area contributed by atoms with Gasteiger partial charge in [0.1, 0.15) is 28.6 Å². The molecule has 12 heteroatoms. The van der Waals surface area contributed by atoms with Crippen LogP contribution in [0.2, 0.25) is 0 Å². The van der Waals surface area contributed by atoms with Crippen LogP contribution in [0.15, 0.2) is 91.0 Å². The van der Waals surface area contributed by atoms with Crippen LogP contribution in [0.5, 0.6) is 11.5 Å². The molecule has 5 N–H and O–H groups in total. The Balaban J connectivity index is 0.829. The maximum Gasteiger partial charge on any atom is 0.254 e. The Morgan fingerprint density at radius 2 is 1.56 bits per heavy atom. The number of carbonyl (C=O) groups excluding carboxylic acids is 3. The number of aromatic nitrogens is 2. The number of benzene rings is 4. The number of primary amides is 1. The number of fused-ring (bicyclic) bond motifs is 2. The molecule has 4 aromatic carbocycles. The van der Waals surface area contributed by atoms with Gasteiger partial charge in [0, 0.05) is 61.8 Å². The molecule has 4 heterocycles. The first-order chi connectivity index (χ1) is 29.5. The third-order valence-corrected chi connectivity index (χ3v) is 12.5. The summed E-state index contributed by atoms with van der Waals surface area (Å²) in [6, 6.07) is 30.7. The number of carbonyl (C=O) groups is 3. The highest BCUT2D eigenvalue weighted by atomic mass is 16.5. The van der Waals surface area contributed by atoms with Crippen LogP contribution in [0, 0.1) is 5.92 Å². The molecule has 0 unspecified atom stereocenters. The van der Waals surface area contributed by atoms with Gasteiger partial charge in [-0.05, 0) is 146 Å². The van der Waals surface area contributed by atoms with Gasteiger partial charge in [0.25, 0.3) is 5.91 Å². The van der Waals surface area contributed by atoms with Crippen molar-refractivity contribution in [2.45, 2.75) is 77.2 Å². The van der Waals surface area contributed by atoms with Crippen molar-refractivity contribution in [2.75, 3.05) is 54.8 Å². The van der Waals surface area contributed by atoms with Gasteiger partial charge in [-0.25, -0.2) is 4.68 Å². The zero-order valence-corrected chi connectivity index (χ0v) is 35.6. The van der Waals surface area contributed by atoms with Crippen molar-refractivity contribution in [3.63, 3.8) is 0 Å². The van der Waals surface area contributed by atoms with E-state index < -0.39 is 5.91 Å². The molecule has 0 saturated carbocycles. The van der Waals surface area contributed by atoms with E-state index in [0.717, 1.165) is 74.7 Å². The van der Waals surface area contributed by atoms with Crippen LogP contribution in [0.25, 0.3) is 11.3 Å². The van der Waals surface area contributed by atoms with E-state index >= 15 is 0 Å². The van der Waals surface area contributed by atoms with Gasteiger partial charge in [-0.15, -0.1) is 0 Å². The number of piperidine rings is 2. The molecule has 1 aromatic heterocycles. The molecular formula is C49H58N8O4. The zero-order chi connectivity index (χ0) is 42.5. The van der Waals surface area contributed by atoms with Gasteiger partial charge in [0.2, 0.25) is 12.3 Å². The molecule has 8 rings (SSSR count). The minimum absolute atomic E-state index is 0.0720. The van der Waals surface area contributed by atoms with E-state index in [-0.39, 0.29) is 17.7 Å². The number of rotatable bonds is 13. The number of nitrogens with one attached hydrogen (secondary N) is 3. The molecule has 3 amide bonds. The highest BCUT2D eigenvalue weighted by molar-refractivity contribution is 6.04. The van der Waals surface area contributed by atoms with Gasteiger partial charge in [-0.2, -0.15) is 5.10 Å². The smallest absolute Gasteiger partial charge is 0.254 e. The maximum absolute atomic E-state index is 13.0. The number of nitrogens with zero attached hydrogens (tertiary/aromatic N) is 4. The SMILES string of the molecule is CC(C)(C)c1ccc(Oc2ccc(-c3nn4c(c3C(N)=O)Nc3ccc(C5CCN(CC6CCN(c7ccc(NC(=O)CCNC=O)cc7)CC6)CC5)cc3CC4)cc2)cc1. The van der Waals surface area contributed by atoms with Crippen LogP contribution in [0.3, 0.4) is 0 Å². The van der Waals surface area contributed by atoms with Crippen molar-refractivity contribution in [1.29, 1.82) is 0 Å².